The van der Waals surface area contributed by atoms with Gasteiger partial charge in [-0.05, 0) is 25.2 Å². The molecular weight excluding hydrogens is 316 g/mol. The number of hydrogen-bond donors (Lipinski definition) is 1. The van der Waals surface area contributed by atoms with Gasteiger partial charge in [-0.15, -0.1) is 0 Å². The van der Waals surface area contributed by atoms with Crippen molar-refractivity contribution in [3.63, 3.8) is 0 Å². The van der Waals surface area contributed by atoms with E-state index in [2.05, 4.69) is 4.98 Å². The molecular formula is C13H19ClN2O4S. The summed E-state index contributed by atoms with van der Waals surface area (Å²) < 4.78 is 23.3. The molecule has 1 fully saturated rings. The summed E-state index contributed by atoms with van der Waals surface area (Å²) in [5, 5.41) is 0.122. The summed E-state index contributed by atoms with van der Waals surface area (Å²) in [5.74, 6) is 0.0308. The molecule has 1 N–H and O–H groups in total. The van der Waals surface area contributed by atoms with Gasteiger partial charge >= 0.3 is 5.69 Å². The van der Waals surface area contributed by atoms with Crippen LogP contribution in [0.2, 0.25) is 5.15 Å². The lowest BCUT2D eigenvalue weighted by Crippen LogP contribution is -2.38. The first-order valence-corrected chi connectivity index (χ1v) is 9.43. The van der Waals surface area contributed by atoms with Crippen molar-refractivity contribution in [1.82, 2.24) is 9.55 Å². The summed E-state index contributed by atoms with van der Waals surface area (Å²) >= 11 is 6.03. The molecule has 8 heteroatoms. The van der Waals surface area contributed by atoms with Crippen molar-refractivity contribution in [3.8, 4) is 0 Å². The Morgan fingerprint density at radius 3 is 2.48 bits per heavy atom. The lowest BCUT2D eigenvalue weighted by molar-refractivity contribution is 0.572. The molecule has 0 radical (unpaired) electrons. The molecule has 1 aliphatic carbocycles. The van der Waals surface area contributed by atoms with Gasteiger partial charge in [-0.1, -0.05) is 24.4 Å². The minimum absolute atomic E-state index is 0.0553. The Hall–Kier alpha value is -1.08. The number of rotatable bonds is 5. The molecule has 2 rings (SSSR count). The van der Waals surface area contributed by atoms with Gasteiger partial charge in [0, 0.05) is 12.8 Å². The maximum absolute atomic E-state index is 12.5. The Labute approximate surface area is 128 Å². The van der Waals surface area contributed by atoms with E-state index < -0.39 is 15.5 Å². The molecule has 0 aromatic carbocycles. The quantitative estimate of drug-likeness (QED) is 0.821. The molecule has 0 spiro atoms. The average Bonchev–Trinajstić information content (AvgIpc) is 2.85. The Bertz CT molecular complexity index is 730. The monoisotopic (exact) mass is 334 g/mol. The van der Waals surface area contributed by atoms with Crippen LogP contribution in [0.1, 0.15) is 43.6 Å². The van der Waals surface area contributed by atoms with Gasteiger partial charge in [-0.25, -0.2) is 13.2 Å². The molecule has 1 heterocycles. The van der Waals surface area contributed by atoms with Crippen molar-refractivity contribution in [2.45, 2.75) is 44.6 Å². The molecule has 118 valence electrons. The summed E-state index contributed by atoms with van der Waals surface area (Å²) in [5.41, 5.74) is -0.502. The van der Waals surface area contributed by atoms with Crippen LogP contribution >= 0.6 is 11.6 Å². The van der Waals surface area contributed by atoms with Crippen molar-refractivity contribution in [1.29, 1.82) is 0 Å². The van der Waals surface area contributed by atoms with Crippen LogP contribution in [0, 0.1) is 0 Å². The van der Waals surface area contributed by atoms with Crippen molar-refractivity contribution in [3.05, 3.63) is 31.6 Å². The first kappa shape index (κ1) is 16.3. The molecule has 0 saturated heterocycles. The molecule has 1 aliphatic rings. The Morgan fingerprint density at radius 1 is 1.29 bits per heavy atom. The lowest BCUT2D eigenvalue weighted by Gasteiger charge is -2.13. The number of halogens is 1. The van der Waals surface area contributed by atoms with E-state index in [-0.39, 0.29) is 35.3 Å². The van der Waals surface area contributed by atoms with Crippen LogP contribution in [-0.2, 0) is 16.4 Å². The zero-order valence-electron chi connectivity index (χ0n) is 11.9. The molecule has 0 atom stereocenters. The minimum atomic E-state index is -3.11. The van der Waals surface area contributed by atoms with Crippen LogP contribution in [0.3, 0.4) is 0 Å². The number of aromatic nitrogens is 2. The van der Waals surface area contributed by atoms with Crippen molar-refractivity contribution >= 4 is 21.4 Å². The third-order valence-electron chi connectivity index (χ3n) is 3.83. The van der Waals surface area contributed by atoms with Gasteiger partial charge in [0.1, 0.15) is 15.0 Å². The Balaban J connectivity index is 2.31. The SMILES string of the molecule is CS(=O)(=O)CCCn1c(=O)[nH]c(Cl)c(C2CCCC2)c1=O. The van der Waals surface area contributed by atoms with Gasteiger partial charge in [0.25, 0.3) is 5.56 Å². The molecule has 1 saturated carbocycles. The molecule has 0 bridgehead atoms. The fourth-order valence-electron chi connectivity index (χ4n) is 2.82. The van der Waals surface area contributed by atoms with Gasteiger partial charge in [0.05, 0.1) is 11.3 Å². The first-order valence-electron chi connectivity index (χ1n) is 7.00. The third kappa shape index (κ3) is 3.97. The van der Waals surface area contributed by atoms with Crippen molar-refractivity contribution < 1.29 is 8.42 Å². The van der Waals surface area contributed by atoms with Crippen molar-refractivity contribution in [2.75, 3.05) is 12.0 Å². The summed E-state index contributed by atoms with van der Waals surface area (Å²) in [6.45, 7) is 0.0815. The van der Waals surface area contributed by atoms with E-state index in [1.807, 2.05) is 0 Å². The normalized spacial score (nSPS) is 16.5. The van der Waals surface area contributed by atoms with E-state index in [0.717, 1.165) is 36.5 Å². The maximum Gasteiger partial charge on any atom is 0.329 e. The molecule has 0 amide bonds. The molecule has 21 heavy (non-hydrogen) atoms. The van der Waals surface area contributed by atoms with Gasteiger partial charge in [0.2, 0.25) is 0 Å². The van der Waals surface area contributed by atoms with Gasteiger partial charge < -0.3 is 0 Å². The third-order valence-corrected chi connectivity index (χ3v) is 5.16. The maximum atomic E-state index is 12.5. The Morgan fingerprint density at radius 2 is 1.90 bits per heavy atom. The predicted octanol–water partition coefficient (Wildman–Crippen LogP) is 1.28. The number of aromatic amines is 1. The number of H-pyrrole nitrogens is 1. The zero-order chi connectivity index (χ0) is 15.6. The Kier molecular flexibility index (Phi) is 4.93. The molecule has 1 aromatic rings. The van der Waals surface area contributed by atoms with E-state index in [1.165, 1.54) is 0 Å². The van der Waals surface area contributed by atoms with Crippen LogP contribution < -0.4 is 11.2 Å². The number of nitrogens with zero attached hydrogens (tertiary/aromatic N) is 1. The van der Waals surface area contributed by atoms with Gasteiger partial charge in [-0.3, -0.25) is 14.3 Å². The van der Waals surface area contributed by atoms with Crippen LogP contribution in [0.25, 0.3) is 0 Å². The topological polar surface area (TPSA) is 89.0 Å². The van der Waals surface area contributed by atoms with E-state index in [1.54, 1.807) is 0 Å². The van der Waals surface area contributed by atoms with Crippen LogP contribution in [0.5, 0.6) is 0 Å². The fourth-order valence-corrected chi connectivity index (χ4v) is 3.79. The summed E-state index contributed by atoms with van der Waals surface area (Å²) in [6.07, 6.45) is 5.25. The molecule has 0 unspecified atom stereocenters. The van der Waals surface area contributed by atoms with Gasteiger partial charge in [-0.2, -0.15) is 0 Å². The number of sulfone groups is 1. The standard InChI is InChI=1S/C13H19ClN2O4S/c1-21(19,20)8-4-7-16-12(17)10(9-5-2-3-6-9)11(14)15-13(16)18/h9H,2-8H2,1H3,(H,15,18). The minimum Gasteiger partial charge on any atom is -0.297 e. The highest BCUT2D eigenvalue weighted by Gasteiger charge is 2.24. The number of hydrogen-bond acceptors (Lipinski definition) is 4. The summed E-state index contributed by atoms with van der Waals surface area (Å²) in [7, 11) is -3.11. The van der Waals surface area contributed by atoms with Crippen LogP contribution in [0.4, 0.5) is 0 Å². The van der Waals surface area contributed by atoms with E-state index >= 15 is 0 Å². The molecule has 0 aliphatic heterocycles. The molecule has 6 nitrogen and oxygen atoms in total. The lowest BCUT2D eigenvalue weighted by atomic mass is 10.0. The smallest absolute Gasteiger partial charge is 0.297 e. The second-order valence-corrected chi connectivity index (χ2v) is 8.22. The first-order chi connectivity index (χ1) is 9.79. The summed E-state index contributed by atoms with van der Waals surface area (Å²) in [4.78, 5) is 26.8. The van der Waals surface area contributed by atoms with E-state index in [0.29, 0.717) is 5.56 Å². The molecule has 1 aromatic heterocycles. The second-order valence-electron chi connectivity index (χ2n) is 5.58. The van der Waals surface area contributed by atoms with Gasteiger partial charge in [0.15, 0.2) is 0 Å². The van der Waals surface area contributed by atoms with E-state index in [9.17, 15) is 18.0 Å². The number of nitrogens with one attached hydrogen (secondary N) is 1. The fraction of sp³-hybridized carbons (Fsp3) is 0.692. The zero-order valence-corrected chi connectivity index (χ0v) is 13.5. The largest absolute Gasteiger partial charge is 0.329 e. The second kappa shape index (κ2) is 6.36. The predicted molar refractivity (Wildman–Crippen MR) is 81.9 cm³/mol. The average molecular weight is 335 g/mol. The highest BCUT2D eigenvalue weighted by Crippen LogP contribution is 2.34. The van der Waals surface area contributed by atoms with Crippen LogP contribution in [-0.4, -0.2) is 30.0 Å². The summed E-state index contributed by atoms with van der Waals surface area (Å²) in [6, 6.07) is 0. The highest BCUT2D eigenvalue weighted by molar-refractivity contribution is 7.90. The van der Waals surface area contributed by atoms with E-state index in [4.69, 9.17) is 11.6 Å². The van der Waals surface area contributed by atoms with Crippen LogP contribution in [0.15, 0.2) is 9.59 Å². The van der Waals surface area contributed by atoms with Crippen molar-refractivity contribution in [2.24, 2.45) is 0 Å². The highest BCUT2D eigenvalue weighted by atomic mass is 35.5.